The Labute approximate surface area is 133 Å². The van der Waals surface area contributed by atoms with Gasteiger partial charge in [0.05, 0.1) is 0 Å². The van der Waals surface area contributed by atoms with E-state index in [4.69, 9.17) is 4.98 Å². The van der Waals surface area contributed by atoms with Gasteiger partial charge >= 0.3 is 0 Å². The zero-order valence-corrected chi connectivity index (χ0v) is 14.3. The summed E-state index contributed by atoms with van der Waals surface area (Å²) in [6, 6.07) is 4.69. The zero-order chi connectivity index (χ0) is 15.7. The van der Waals surface area contributed by atoms with E-state index in [9.17, 15) is 0 Å². The van der Waals surface area contributed by atoms with Crippen molar-refractivity contribution < 1.29 is 0 Å². The Morgan fingerprint density at radius 3 is 2.82 bits per heavy atom. The standard InChI is InChI=1S/C18H28N4/c1-13(2)11-22-17(20-16-8-5-9-19-18(16)22)15-7-6-10-21(12-15)14(3)4/h5,8-9,13-15H,6-7,10-12H2,1-4H3. The second-order valence-corrected chi connectivity index (χ2v) is 7.25. The number of rotatable bonds is 4. The molecule has 0 N–H and O–H groups in total. The summed E-state index contributed by atoms with van der Waals surface area (Å²) >= 11 is 0. The molecule has 1 atom stereocenters. The summed E-state index contributed by atoms with van der Waals surface area (Å²) in [6.07, 6.45) is 4.39. The van der Waals surface area contributed by atoms with E-state index in [0.717, 1.165) is 24.3 Å². The number of fused-ring (bicyclic) bond motifs is 1. The Morgan fingerprint density at radius 1 is 1.27 bits per heavy atom. The second kappa shape index (κ2) is 6.37. The van der Waals surface area contributed by atoms with Gasteiger partial charge in [0, 0.05) is 31.2 Å². The van der Waals surface area contributed by atoms with Crippen LogP contribution in [0.2, 0.25) is 0 Å². The van der Waals surface area contributed by atoms with Crippen molar-refractivity contribution in [3.8, 4) is 0 Å². The van der Waals surface area contributed by atoms with Crippen molar-refractivity contribution >= 4 is 11.2 Å². The molecule has 120 valence electrons. The lowest BCUT2D eigenvalue weighted by atomic mass is 9.96. The molecule has 0 saturated carbocycles. The maximum absolute atomic E-state index is 4.96. The average Bonchev–Trinajstić information content (AvgIpc) is 2.86. The molecule has 22 heavy (non-hydrogen) atoms. The van der Waals surface area contributed by atoms with Gasteiger partial charge in [-0.25, -0.2) is 9.97 Å². The van der Waals surface area contributed by atoms with Crippen LogP contribution in [0.1, 0.15) is 52.3 Å². The molecule has 0 bridgehead atoms. The molecule has 1 aliphatic rings. The van der Waals surface area contributed by atoms with Gasteiger partial charge in [-0.1, -0.05) is 13.8 Å². The molecule has 1 aliphatic heterocycles. The highest BCUT2D eigenvalue weighted by Crippen LogP contribution is 2.30. The molecule has 0 radical (unpaired) electrons. The monoisotopic (exact) mass is 300 g/mol. The van der Waals surface area contributed by atoms with Crippen molar-refractivity contribution in [3.05, 3.63) is 24.2 Å². The number of hydrogen-bond acceptors (Lipinski definition) is 3. The highest BCUT2D eigenvalue weighted by atomic mass is 15.2. The molecule has 0 spiro atoms. The third-order valence-corrected chi connectivity index (χ3v) is 4.63. The van der Waals surface area contributed by atoms with Gasteiger partial charge in [0.1, 0.15) is 11.3 Å². The lowest BCUT2D eigenvalue weighted by Crippen LogP contribution is -2.39. The van der Waals surface area contributed by atoms with Gasteiger partial charge in [0.2, 0.25) is 0 Å². The number of nitrogens with zero attached hydrogens (tertiary/aromatic N) is 4. The summed E-state index contributed by atoms with van der Waals surface area (Å²) in [7, 11) is 0. The Bertz CT molecular complexity index is 629. The number of piperidine rings is 1. The van der Waals surface area contributed by atoms with Crippen molar-refractivity contribution in [2.24, 2.45) is 5.92 Å². The van der Waals surface area contributed by atoms with Crippen LogP contribution in [0.25, 0.3) is 11.2 Å². The smallest absolute Gasteiger partial charge is 0.160 e. The number of pyridine rings is 1. The van der Waals surface area contributed by atoms with Crippen molar-refractivity contribution in [2.75, 3.05) is 13.1 Å². The van der Waals surface area contributed by atoms with E-state index in [1.54, 1.807) is 0 Å². The molecule has 2 aromatic heterocycles. The maximum atomic E-state index is 4.96. The van der Waals surface area contributed by atoms with Gasteiger partial charge in [0.15, 0.2) is 5.65 Å². The van der Waals surface area contributed by atoms with Gasteiger partial charge < -0.3 is 9.47 Å². The highest BCUT2D eigenvalue weighted by molar-refractivity contribution is 5.71. The van der Waals surface area contributed by atoms with Crippen LogP contribution in [0.3, 0.4) is 0 Å². The summed E-state index contributed by atoms with van der Waals surface area (Å²) in [5.41, 5.74) is 2.09. The normalized spacial score (nSPS) is 20.4. The fourth-order valence-electron chi connectivity index (χ4n) is 3.52. The highest BCUT2D eigenvalue weighted by Gasteiger charge is 2.27. The van der Waals surface area contributed by atoms with E-state index in [0.29, 0.717) is 17.9 Å². The van der Waals surface area contributed by atoms with Crippen LogP contribution in [0.15, 0.2) is 18.3 Å². The molecular formula is C18H28N4. The Kier molecular flexibility index (Phi) is 4.48. The van der Waals surface area contributed by atoms with Crippen LogP contribution in [0.4, 0.5) is 0 Å². The molecule has 3 heterocycles. The summed E-state index contributed by atoms with van der Waals surface area (Å²) in [5.74, 6) is 2.37. The summed E-state index contributed by atoms with van der Waals surface area (Å²) in [5, 5.41) is 0. The predicted molar refractivity (Wildman–Crippen MR) is 91.1 cm³/mol. The molecule has 0 amide bonds. The Morgan fingerprint density at radius 2 is 2.09 bits per heavy atom. The predicted octanol–water partition coefficient (Wildman–Crippen LogP) is 3.68. The van der Waals surface area contributed by atoms with Gasteiger partial charge in [-0.2, -0.15) is 0 Å². The molecule has 3 rings (SSSR count). The summed E-state index contributed by atoms with van der Waals surface area (Å²) < 4.78 is 2.37. The molecular weight excluding hydrogens is 272 g/mol. The number of imidazole rings is 1. The largest absolute Gasteiger partial charge is 0.312 e. The molecule has 1 unspecified atom stereocenters. The van der Waals surface area contributed by atoms with Crippen molar-refractivity contribution in [2.45, 2.75) is 59.0 Å². The lowest BCUT2D eigenvalue weighted by Gasteiger charge is -2.35. The van der Waals surface area contributed by atoms with E-state index in [2.05, 4.69) is 48.2 Å². The lowest BCUT2D eigenvalue weighted by molar-refractivity contribution is 0.163. The molecule has 0 aromatic carbocycles. The first-order valence-corrected chi connectivity index (χ1v) is 8.61. The Hall–Kier alpha value is -1.42. The summed E-state index contributed by atoms with van der Waals surface area (Å²) in [4.78, 5) is 12.1. The molecule has 1 saturated heterocycles. The van der Waals surface area contributed by atoms with Gasteiger partial charge in [-0.3, -0.25) is 0 Å². The first kappa shape index (κ1) is 15.5. The molecule has 4 nitrogen and oxygen atoms in total. The van der Waals surface area contributed by atoms with Crippen molar-refractivity contribution in [1.29, 1.82) is 0 Å². The fraction of sp³-hybridized carbons (Fsp3) is 0.667. The minimum absolute atomic E-state index is 0.532. The van der Waals surface area contributed by atoms with Crippen LogP contribution >= 0.6 is 0 Å². The van der Waals surface area contributed by atoms with Crippen LogP contribution in [-0.2, 0) is 6.54 Å². The first-order valence-electron chi connectivity index (χ1n) is 8.61. The molecule has 0 aliphatic carbocycles. The van der Waals surface area contributed by atoms with E-state index in [-0.39, 0.29) is 0 Å². The minimum atomic E-state index is 0.532. The topological polar surface area (TPSA) is 34.0 Å². The van der Waals surface area contributed by atoms with E-state index in [1.165, 1.54) is 25.2 Å². The van der Waals surface area contributed by atoms with Crippen LogP contribution in [0.5, 0.6) is 0 Å². The third-order valence-electron chi connectivity index (χ3n) is 4.63. The fourth-order valence-corrected chi connectivity index (χ4v) is 3.52. The Balaban J connectivity index is 1.98. The van der Waals surface area contributed by atoms with Crippen molar-refractivity contribution in [3.63, 3.8) is 0 Å². The van der Waals surface area contributed by atoms with E-state index >= 15 is 0 Å². The molecule has 2 aromatic rings. The van der Waals surface area contributed by atoms with Crippen LogP contribution in [0, 0.1) is 5.92 Å². The minimum Gasteiger partial charge on any atom is -0.312 e. The van der Waals surface area contributed by atoms with Crippen LogP contribution < -0.4 is 0 Å². The average molecular weight is 300 g/mol. The van der Waals surface area contributed by atoms with E-state index in [1.807, 2.05) is 12.3 Å². The van der Waals surface area contributed by atoms with Crippen LogP contribution in [-0.4, -0.2) is 38.6 Å². The number of hydrogen-bond donors (Lipinski definition) is 0. The quantitative estimate of drug-likeness (QED) is 0.864. The second-order valence-electron chi connectivity index (χ2n) is 7.25. The first-order chi connectivity index (χ1) is 10.6. The summed E-state index contributed by atoms with van der Waals surface area (Å²) in [6.45, 7) is 12.5. The van der Waals surface area contributed by atoms with Gasteiger partial charge in [0.25, 0.3) is 0 Å². The van der Waals surface area contributed by atoms with Gasteiger partial charge in [-0.15, -0.1) is 0 Å². The SMILES string of the molecule is CC(C)Cn1c(C2CCCN(C(C)C)C2)nc2cccnc21. The van der Waals surface area contributed by atoms with E-state index < -0.39 is 0 Å². The molecule has 4 heteroatoms. The van der Waals surface area contributed by atoms with Gasteiger partial charge in [-0.05, 0) is 51.3 Å². The zero-order valence-electron chi connectivity index (χ0n) is 14.3. The number of aromatic nitrogens is 3. The third kappa shape index (κ3) is 3.02. The van der Waals surface area contributed by atoms with Crippen molar-refractivity contribution in [1.82, 2.24) is 19.4 Å². The molecule has 1 fully saturated rings. The number of likely N-dealkylation sites (tertiary alicyclic amines) is 1. The maximum Gasteiger partial charge on any atom is 0.160 e.